The topological polar surface area (TPSA) is 61.0 Å². The highest BCUT2D eigenvalue weighted by Gasteiger charge is 2.28. The minimum Gasteiger partial charge on any atom is -0.476 e. The van der Waals surface area contributed by atoms with Gasteiger partial charge in [-0.15, -0.1) is 0 Å². The number of nitrogens with two attached hydrogens (primary N) is 1. The smallest absolute Gasteiger partial charge is 0.216 e. The fourth-order valence-electron chi connectivity index (χ4n) is 2.13. The van der Waals surface area contributed by atoms with Gasteiger partial charge in [0.15, 0.2) is 0 Å². The summed E-state index contributed by atoms with van der Waals surface area (Å²) in [6.07, 6.45) is 7.53. The third-order valence-electron chi connectivity index (χ3n) is 3.11. The minimum absolute atomic E-state index is 0.156. The van der Waals surface area contributed by atoms with Crippen LogP contribution in [0, 0.1) is 6.92 Å². The van der Waals surface area contributed by atoms with E-state index in [9.17, 15) is 0 Å². The predicted octanol–water partition coefficient (Wildman–Crippen LogP) is 1.83. The molecule has 1 aromatic heterocycles. The van der Waals surface area contributed by atoms with Crippen LogP contribution in [-0.4, -0.2) is 22.1 Å². The second kappa shape index (κ2) is 4.78. The van der Waals surface area contributed by atoms with E-state index in [0.717, 1.165) is 18.7 Å². The van der Waals surface area contributed by atoms with E-state index in [4.69, 9.17) is 10.5 Å². The van der Waals surface area contributed by atoms with E-state index in [-0.39, 0.29) is 5.54 Å². The quantitative estimate of drug-likeness (QED) is 0.845. The van der Waals surface area contributed by atoms with Gasteiger partial charge in [-0.2, -0.15) is 4.98 Å². The highest BCUT2D eigenvalue weighted by Crippen LogP contribution is 2.26. The Morgan fingerprint density at radius 2 is 2.12 bits per heavy atom. The second-order valence-corrected chi connectivity index (χ2v) is 4.65. The normalized spacial score (nSPS) is 19.4. The maximum atomic E-state index is 6.28. The van der Waals surface area contributed by atoms with E-state index in [2.05, 4.69) is 9.97 Å². The van der Waals surface area contributed by atoms with Crippen molar-refractivity contribution in [1.29, 1.82) is 0 Å². The van der Waals surface area contributed by atoms with Crippen LogP contribution in [0.2, 0.25) is 0 Å². The Hall–Kier alpha value is -1.16. The first-order valence-electron chi connectivity index (χ1n) is 5.89. The van der Waals surface area contributed by atoms with E-state index in [1.165, 1.54) is 19.3 Å². The molecular weight excluding hydrogens is 202 g/mol. The highest BCUT2D eigenvalue weighted by atomic mass is 16.5. The van der Waals surface area contributed by atoms with Crippen molar-refractivity contribution < 1.29 is 4.74 Å². The lowest BCUT2D eigenvalue weighted by molar-refractivity contribution is 0.168. The van der Waals surface area contributed by atoms with Crippen LogP contribution < -0.4 is 10.5 Å². The van der Waals surface area contributed by atoms with Gasteiger partial charge in [0.25, 0.3) is 0 Å². The molecule has 1 fully saturated rings. The molecule has 0 unspecified atom stereocenters. The number of aromatic nitrogens is 2. The van der Waals surface area contributed by atoms with Gasteiger partial charge >= 0.3 is 0 Å². The third-order valence-corrected chi connectivity index (χ3v) is 3.11. The maximum Gasteiger partial charge on any atom is 0.216 e. The molecule has 1 aliphatic carbocycles. The van der Waals surface area contributed by atoms with Gasteiger partial charge in [-0.25, -0.2) is 4.98 Å². The molecule has 88 valence electrons. The molecule has 1 aliphatic rings. The Morgan fingerprint density at radius 1 is 1.38 bits per heavy atom. The highest BCUT2D eigenvalue weighted by molar-refractivity contribution is 5.08. The minimum atomic E-state index is -0.156. The number of rotatable bonds is 3. The van der Waals surface area contributed by atoms with Gasteiger partial charge in [0.05, 0.1) is 5.54 Å². The summed E-state index contributed by atoms with van der Waals surface area (Å²) in [5.41, 5.74) is 6.12. The molecule has 1 saturated carbocycles. The van der Waals surface area contributed by atoms with Gasteiger partial charge in [-0.05, 0) is 19.8 Å². The molecular formula is C12H19N3O. The molecule has 0 spiro atoms. The van der Waals surface area contributed by atoms with E-state index in [1.54, 1.807) is 12.3 Å². The average molecular weight is 221 g/mol. The summed E-state index contributed by atoms with van der Waals surface area (Å²) in [7, 11) is 0. The molecule has 0 radical (unpaired) electrons. The van der Waals surface area contributed by atoms with Crippen LogP contribution in [0.1, 0.15) is 37.9 Å². The van der Waals surface area contributed by atoms with Gasteiger partial charge in [0.1, 0.15) is 12.4 Å². The van der Waals surface area contributed by atoms with E-state index in [1.807, 2.05) is 6.92 Å². The van der Waals surface area contributed by atoms with Crippen molar-refractivity contribution in [3.8, 4) is 5.88 Å². The molecule has 0 amide bonds. The number of hydrogen-bond donors (Lipinski definition) is 1. The molecule has 2 rings (SSSR count). The number of hydrogen-bond acceptors (Lipinski definition) is 4. The fraction of sp³-hybridized carbons (Fsp3) is 0.667. The van der Waals surface area contributed by atoms with Crippen LogP contribution in [-0.2, 0) is 0 Å². The Balaban J connectivity index is 1.91. The Kier molecular flexibility index (Phi) is 3.39. The summed E-state index contributed by atoms with van der Waals surface area (Å²) in [6, 6.07) is 1.78. The molecule has 2 N–H and O–H groups in total. The lowest BCUT2D eigenvalue weighted by atomic mass is 9.83. The standard InChI is InChI=1S/C12H19N3O/c1-10-14-8-5-11(15-10)16-9-12(13)6-3-2-4-7-12/h5,8H,2-4,6-7,9,13H2,1H3. The lowest BCUT2D eigenvalue weighted by Gasteiger charge is -2.32. The number of aryl methyl sites for hydroxylation is 1. The third kappa shape index (κ3) is 2.92. The molecule has 16 heavy (non-hydrogen) atoms. The lowest BCUT2D eigenvalue weighted by Crippen LogP contribution is -2.47. The van der Waals surface area contributed by atoms with Crippen LogP contribution >= 0.6 is 0 Å². The van der Waals surface area contributed by atoms with Crippen molar-refractivity contribution in [2.45, 2.75) is 44.6 Å². The first-order chi connectivity index (χ1) is 7.68. The van der Waals surface area contributed by atoms with Crippen molar-refractivity contribution in [1.82, 2.24) is 9.97 Å². The van der Waals surface area contributed by atoms with Crippen LogP contribution in [0.5, 0.6) is 5.88 Å². The molecule has 0 aliphatic heterocycles. The molecule has 1 aromatic rings. The van der Waals surface area contributed by atoms with Crippen molar-refractivity contribution >= 4 is 0 Å². The van der Waals surface area contributed by atoms with Crippen molar-refractivity contribution in [3.63, 3.8) is 0 Å². The number of ether oxygens (including phenoxy) is 1. The molecule has 0 aromatic carbocycles. The van der Waals surface area contributed by atoms with Crippen LogP contribution in [0.4, 0.5) is 0 Å². The van der Waals surface area contributed by atoms with E-state index < -0.39 is 0 Å². The Morgan fingerprint density at radius 3 is 2.81 bits per heavy atom. The van der Waals surface area contributed by atoms with E-state index in [0.29, 0.717) is 12.5 Å². The van der Waals surface area contributed by atoms with Crippen LogP contribution in [0.3, 0.4) is 0 Å². The molecule has 4 nitrogen and oxygen atoms in total. The zero-order valence-corrected chi connectivity index (χ0v) is 9.78. The molecule has 1 heterocycles. The van der Waals surface area contributed by atoms with E-state index >= 15 is 0 Å². The van der Waals surface area contributed by atoms with Gasteiger partial charge in [-0.3, -0.25) is 0 Å². The summed E-state index contributed by atoms with van der Waals surface area (Å²) in [5, 5.41) is 0. The van der Waals surface area contributed by atoms with Gasteiger partial charge in [-0.1, -0.05) is 19.3 Å². The summed E-state index contributed by atoms with van der Waals surface area (Å²) in [5.74, 6) is 1.36. The molecule has 4 heteroatoms. The van der Waals surface area contributed by atoms with Gasteiger partial charge in [0.2, 0.25) is 5.88 Å². The monoisotopic (exact) mass is 221 g/mol. The zero-order chi connectivity index (χ0) is 11.4. The Bertz CT molecular complexity index is 348. The summed E-state index contributed by atoms with van der Waals surface area (Å²) >= 11 is 0. The zero-order valence-electron chi connectivity index (χ0n) is 9.78. The maximum absolute atomic E-state index is 6.28. The average Bonchev–Trinajstić information content (AvgIpc) is 2.28. The molecule has 0 saturated heterocycles. The fourth-order valence-corrected chi connectivity index (χ4v) is 2.13. The first-order valence-corrected chi connectivity index (χ1v) is 5.89. The Labute approximate surface area is 96.2 Å². The predicted molar refractivity (Wildman–Crippen MR) is 62.3 cm³/mol. The van der Waals surface area contributed by atoms with Gasteiger partial charge < -0.3 is 10.5 Å². The van der Waals surface area contributed by atoms with Crippen molar-refractivity contribution in [3.05, 3.63) is 18.1 Å². The van der Waals surface area contributed by atoms with Crippen LogP contribution in [0.25, 0.3) is 0 Å². The van der Waals surface area contributed by atoms with Gasteiger partial charge in [0, 0.05) is 12.3 Å². The van der Waals surface area contributed by atoms with Crippen LogP contribution in [0.15, 0.2) is 12.3 Å². The number of nitrogens with zero attached hydrogens (tertiary/aromatic N) is 2. The summed E-state index contributed by atoms with van der Waals surface area (Å²) < 4.78 is 5.65. The van der Waals surface area contributed by atoms with Crippen molar-refractivity contribution in [2.24, 2.45) is 5.73 Å². The first kappa shape index (κ1) is 11.3. The largest absolute Gasteiger partial charge is 0.476 e. The summed E-state index contributed by atoms with van der Waals surface area (Å²) in [6.45, 7) is 2.41. The second-order valence-electron chi connectivity index (χ2n) is 4.65. The summed E-state index contributed by atoms with van der Waals surface area (Å²) in [4.78, 5) is 8.23. The molecule has 0 bridgehead atoms. The van der Waals surface area contributed by atoms with Crippen molar-refractivity contribution in [2.75, 3.05) is 6.61 Å². The SMILES string of the molecule is Cc1nccc(OCC2(N)CCCCC2)n1. The molecule has 0 atom stereocenters.